The third-order valence-electron chi connectivity index (χ3n) is 3.07. The topological polar surface area (TPSA) is 29.9 Å². The van der Waals surface area contributed by atoms with Crippen LogP contribution < -0.4 is 5.32 Å². The molecule has 3 heteroatoms. The van der Waals surface area contributed by atoms with Gasteiger partial charge in [-0.1, -0.05) is 13.8 Å². The van der Waals surface area contributed by atoms with E-state index in [1.54, 1.807) is 0 Å². The van der Waals surface area contributed by atoms with Crippen LogP contribution in [0.25, 0.3) is 0 Å². The number of nitrogens with one attached hydrogen (secondary N) is 1. The van der Waals surface area contributed by atoms with Crippen molar-refractivity contribution in [2.75, 3.05) is 6.54 Å². The Kier molecular flexibility index (Phi) is 5.00. The van der Waals surface area contributed by atoms with E-state index in [2.05, 4.69) is 49.7 Å². The first-order valence-electron chi connectivity index (χ1n) is 6.36. The first-order valence-corrected chi connectivity index (χ1v) is 6.36. The van der Waals surface area contributed by atoms with Gasteiger partial charge in [0.2, 0.25) is 0 Å². The molecule has 0 saturated heterocycles. The normalized spacial score (nSPS) is 13.1. The van der Waals surface area contributed by atoms with Crippen molar-refractivity contribution in [2.24, 2.45) is 0 Å². The Morgan fingerprint density at radius 1 is 1.31 bits per heavy atom. The van der Waals surface area contributed by atoms with Crippen molar-refractivity contribution >= 4 is 0 Å². The summed E-state index contributed by atoms with van der Waals surface area (Å²) in [5, 5.41) is 8.10. The Balaban J connectivity index is 2.66. The molecule has 1 rings (SSSR count). The summed E-state index contributed by atoms with van der Waals surface area (Å²) in [6.07, 6.45) is 2.26. The Morgan fingerprint density at radius 3 is 2.50 bits per heavy atom. The van der Waals surface area contributed by atoms with E-state index in [0.29, 0.717) is 6.04 Å². The zero-order chi connectivity index (χ0) is 12.1. The molecular formula is C13H25N3. The minimum Gasteiger partial charge on any atom is -0.312 e. The SMILES string of the molecule is CCCNC(C)Cn1nc(C)c(CC)c1C. The van der Waals surface area contributed by atoms with Gasteiger partial charge in [-0.15, -0.1) is 0 Å². The average Bonchev–Trinajstić information content (AvgIpc) is 2.51. The standard InChI is InChI=1S/C13H25N3/c1-6-8-14-10(3)9-16-12(5)13(7-2)11(4)15-16/h10,14H,6-9H2,1-5H3. The van der Waals surface area contributed by atoms with Gasteiger partial charge in [-0.05, 0) is 45.7 Å². The molecule has 0 aliphatic heterocycles. The van der Waals surface area contributed by atoms with Crippen LogP contribution in [0.3, 0.4) is 0 Å². The van der Waals surface area contributed by atoms with Gasteiger partial charge in [0.05, 0.1) is 12.2 Å². The molecule has 1 aromatic heterocycles. The molecule has 0 spiro atoms. The van der Waals surface area contributed by atoms with E-state index >= 15 is 0 Å². The summed E-state index contributed by atoms with van der Waals surface area (Å²) in [7, 11) is 0. The molecule has 0 aromatic carbocycles. The average molecular weight is 223 g/mol. The van der Waals surface area contributed by atoms with E-state index in [9.17, 15) is 0 Å². The van der Waals surface area contributed by atoms with Gasteiger partial charge in [0.15, 0.2) is 0 Å². The van der Waals surface area contributed by atoms with Gasteiger partial charge in [0, 0.05) is 11.7 Å². The number of aryl methyl sites for hydroxylation is 1. The van der Waals surface area contributed by atoms with Crippen LogP contribution in [0.2, 0.25) is 0 Å². The smallest absolute Gasteiger partial charge is 0.0628 e. The molecule has 0 fully saturated rings. The molecule has 1 unspecified atom stereocenters. The maximum atomic E-state index is 4.61. The summed E-state index contributed by atoms with van der Waals surface area (Å²) in [6, 6.07) is 0.489. The summed E-state index contributed by atoms with van der Waals surface area (Å²) in [6.45, 7) is 12.9. The van der Waals surface area contributed by atoms with Crippen molar-refractivity contribution in [3.05, 3.63) is 17.0 Å². The second-order valence-electron chi connectivity index (χ2n) is 4.54. The van der Waals surface area contributed by atoms with Gasteiger partial charge in [0.1, 0.15) is 0 Å². The minimum atomic E-state index is 0.489. The summed E-state index contributed by atoms with van der Waals surface area (Å²) in [4.78, 5) is 0. The second-order valence-corrected chi connectivity index (χ2v) is 4.54. The predicted molar refractivity (Wildman–Crippen MR) is 68.8 cm³/mol. The fraction of sp³-hybridized carbons (Fsp3) is 0.769. The molecule has 1 atom stereocenters. The monoisotopic (exact) mass is 223 g/mol. The lowest BCUT2D eigenvalue weighted by atomic mass is 10.1. The predicted octanol–water partition coefficient (Wildman–Crippen LogP) is 2.45. The molecule has 0 aliphatic carbocycles. The van der Waals surface area contributed by atoms with Crippen molar-refractivity contribution in [3.8, 4) is 0 Å². The van der Waals surface area contributed by atoms with Crippen LogP contribution in [-0.4, -0.2) is 22.4 Å². The van der Waals surface area contributed by atoms with E-state index in [4.69, 9.17) is 0 Å². The molecule has 0 radical (unpaired) electrons. The van der Waals surface area contributed by atoms with Crippen molar-refractivity contribution in [3.63, 3.8) is 0 Å². The highest BCUT2D eigenvalue weighted by atomic mass is 15.3. The fourth-order valence-electron chi connectivity index (χ4n) is 2.14. The minimum absolute atomic E-state index is 0.489. The lowest BCUT2D eigenvalue weighted by Crippen LogP contribution is -2.31. The van der Waals surface area contributed by atoms with Crippen LogP contribution >= 0.6 is 0 Å². The number of rotatable bonds is 6. The lowest BCUT2D eigenvalue weighted by Gasteiger charge is -2.14. The number of hydrogen-bond donors (Lipinski definition) is 1. The van der Waals surface area contributed by atoms with E-state index < -0.39 is 0 Å². The Hall–Kier alpha value is -0.830. The van der Waals surface area contributed by atoms with Gasteiger partial charge in [-0.25, -0.2) is 0 Å². The van der Waals surface area contributed by atoms with Gasteiger partial charge in [-0.3, -0.25) is 4.68 Å². The summed E-state index contributed by atoms with van der Waals surface area (Å²) in [5.74, 6) is 0. The van der Waals surface area contributed by atoms with Crippen LogP contribution in [0, 0.1) is 13.8 Å². The largest absolute Gasteiger partial charge is 0.312 e. The molecule has 3 nitrogen and oxygen atoms in total. The molecular weight excluding hydrogens is 198 g/mol. The second kappa shape index (κ2) is 6.04. The Morgan fingerprint density at radius 2 is 2.00 bits per heavy atom. The molecule has 0 aliphatic rings. The first kappa shape index (κ1) is 13.2. The van der Waals surface area contributed by atoms with Crippen LogP contribution in [0.15, 0.2) is 0 Å². The molecule has 92 valence electrons. The fourth-order valence-corrected chi connectivity index (χ4v) is 2.14. The van der Waals surface area contributed by atoms with Crippen LogP contribution in [0.1, 0.15) is 44.1 Å². The van der Waals surface area contributed by atoms with E-state index in [0.717, 1.165) is 19.5 Å². The van der Waals surface area contributed by atoms with Gasteiger partial charge >= 0.3 is 0 Å². The number of nitrogens with zero attached hydrogens (tertiary/aromatic N) is 2. The molecule has 0 bridgehead atoms. The van der Waals surface area contributed by atoms with Crippen molar-refractivity contribution < 1.29 is 0 Å². The lowest BCUT2D eigenvalue weighted by molar-refractivity contribution is 0.445. The maximum absolute atomic E-state index is 4.61. The molecule has 16 heavy (non-hydrogen) atoms. The van der Waals surface area contributed by atoms with E-state index in [1.165, 1.54) is 23.4 Å². The number of aromatic nitrogens is 2. The van der Waals surface area contributed by atoms with E-state index in [-0.39, 0.29) is 0 Å². The molecule has 0 saturated carbocycles. The van der Waals surface area contributed by atoms with Crippen LogP contribution in [0.5, 0.6) is 0 Å². The van der Waals surface area contributed by atoms with Crippen LogP contribution in [-0.2, 0) is 13.0 Å². The Bertz CT molecular complexity index is 328. The van der Waals surface area contributed by atoms with Crippen LogP contribution in [0.4, 0.5) is 0 Å². The molecule has 1 N–H and O–H groups in total. The maximum Gasteiger partial charge on any atom is 0.0628 e. The summed E-state index contributed by atoms with van der Waals surface area (Å²) >= 11 is 0. The van der Waals surface area contributed by atoms with Gasteiger partial charge in [0.25, 0.3) is 0 Å². The number of hydrogen-bond acceptors (Lipinski definition) is 2. The highest BCUT2D eigenvalue weighted by Gasteiger charge is 2.11. The molecule has 1 heterocycles. The highest BCUT2D eigenvalue weighted by Crippen LogP contribution is 2.13. The third kappa shape index (κ3) is 3.08. The zero-order valence-electron chi connectivity index (χ0n) is 11.3. The summed E-state index contributed by atoms with van der Waals surface area (Å²) < 4.78 is 2.14. The van der Waals surface area contributed by atoms with Gasteiger partial charge in [-0.2, -0.15) is 5.10 Å². The van der Waals surface area contributed by atoms with Crippen molar-refractivity contribution in [1.29, 1.82) is 0 Å². The first-order chi connectivity index (χ1) is 7.60. The third-order valence-corrected chi connectivity index (χ3v) is 3.07. The molecule has 0 amide bonds. The Labute approximate surface area is 99.2 Å². The highest BCUT2D eigenvalue weighted by molar-refractivity contribution is 5.24. The van der Waals surface area contributed by atoms with Crippen molar-refractivity contribution in [1.82, 2.24) is 15.1 Å². The molecule has 1 aromatic rings. The summed E-state index contributed by atoms with van der Waals surface area (Å²) in [5.41, 5.74) is 3.91. The van der Waals surface area contributed by atoms with Crippen molar-refractivity contribution in [2.45, 2.75) is 60.0 Å². The zero-order valence-corrected chi connectivity index (χ0v) is 11.3. The quantitative estimate of drug-likeness (QED) is 0.803. The van der Waals surface area contributed by atoms with E-state index in [1.807, 2.05) is 0 Å². The van der Waals surface area contributed by atoms with Gasteiger partial charge < -0.3 is 5.32 Å².